The van der Waals surface area contributed by atoms with E-state index in [1.807, 2.05) is 44.2 Å². The van der Waals surface area contributed by atoms with Crippen LogP contribution in [0.3, 0.4) is 0 Å². The monoisotopic (exact) mass is 346 g/mol. The van der Waals surface area contributed by atoms with Crippen LogP contribution in [0.5, 0.6) is 0 Å². The van der Waals surface area contributed by atoms with Gasteiger partial charge in [-0.2, -0.15) is 0 Å². The largest absolute Gasteiger partial charge is 0.339 e. The second-order valence-corrected chi connectivity index (χ2v) is 7.08. The van der Waals surface area contributed by atoms with Gasteiger partial charge in [-0.15, -0.1) is 0 Å². The van der Waals surface area contributed by atoms with Gasteiger partial charge in [-0.3, -0.25) is 4.79 Å². The van der Waals surface area contributed by atoms with Gasteiger partial charge in [-0.05, 0) is 37.6 Å². The van der Waals surface area contributed by atoms with Gasteiger partial charge in [0, 0.05) is 25.2 Å². The van der Waals surface area contributed by atoms with Gasteiger partial charge in [0.05, 0.1) is 4.90 Å². The van der Waals surface area contributed by atoms with E-state index in [4.69, 9.17) is 0 Å². The Labute approximate surface area is 143 Å². The first kappa shape index (κ1) is 18.2. The summed E-state index contributed by atoms with van der Waals surface area (Å²) in [4.78, 5) is 14.1. The Morgan fingerprint density at radius 2 is 1.67 bits per heavy atom. The standard InChI is InChI=1S/C18H22N2O3S/c1-3-20(4-2)18(21)16-11-8-12-17(13-16)24(22,23)19-14-15-9-6-5-7-10-15/h5-13,19H,3-4,14H2,1-2H3. The van der Waals surface area contributed by atoms with Gasteiger partial charge in [-0.25, -0.2) is 13.1 Å². The number of hydrogen-bond acceptors (Lipinski definition) is 3. The van der Waals surface area contributed by atoms with E-state index in [1.54, 1.807) is 17.0 Å². The minimum absolute atomic E-state index is 0.0939. The summed E-state index contributed by atoms with van der Waals surface area (Å²) < 4.78 is 27.5. The molecule has 6 heteroatoms. The molecule has 1 amide bonds. The number of benzene rings is 2. The van der Waals surface area contributed by atoms with E-state index < -0.39 is 10.0 Å². The lowest BCUT2D eigenvalue weighted by atomic mass is 10.2. The fraction of sp³-hybridized carbons (Fsp3) is 0.278. The van der Waals surface area contributed by atoms with Crippen LogP contribution in [0, 0.1) is 0 Å². The topological polar surface area (TPSA) is 66.5 Å². The van der Waals surface area contributed by atoms with Crippen molar-refractivity contribution in [1.82, 2.24) is 9.62 Å². The lowest BCUT2D eigenvalue weighted by molar-refractivity contribution is 0.0772. The smallest absolute Gasteiger partial charge is 0.253 e. The Kier molecular flexibility index (Phi) is 6.11. The van der Waals surface area contributed by atoms with E-state index >= 15 is 0 Å². The molecule has 2 aromatic carbocycles. The lowest BCUT2D eigenvalue weighted by Gasteiger charge is -2.19. The maximum Gasteiger partial charge on any atom is 0.253 e. The molecule has 0 saturated carbocycles. The van der Waals surface area contributed by atoms with Crippen molar-refractivity contribution >= 4 is 15.9 Å². The highest BCUT2D eigenvalue weighted by Gasteiger charge is 2.18. The van der Waals surface area contributed by atoms with E-state index in [-0.39, 0.29) is 17.3 Å². The number of hydrogen-bond donors (Lipinski definition) is 1. The molecule has 0 saturated heterocycles. The molecule has 1 N–H and O–H groups in total. The molecule has 0 spiro atoms. The molecule has 0 aliphatic carbocycles. The van der Waals surface area contributed by atoms with Gasteiger partial charge < -0.3 is 4.90 Å². The normalized spacial score (nSPS) is 11.2. The Morgan fingerprint density at radius 1 is 1.00 bits per heavy atom. The molecular weight excluding hydrogens is 324 g/mol. The van der Waals surface area contributed by atoms with Crippen molar-refractivity contribution in [2.75, 3.05) is 13.1 Å². The van der Waals surface area contributed by atoms with Crippen LogP contribution in [0.2, 0.25) is 0 Å². The molecule has 0 aliphatic heterocycles. The summed E-state index contributed by atoms with van der Waals surface area (Å²) in [6.07, 6.45) is 0. The first-order valence-electron chi connectivity index (χ1n) is 7.91. The highest BCUT2D eigenvalue weighted by Crippen LogP contribution is 2.14. The molecule has 2 rings (SSSR count). The number of nitrogens with zero attached hydrogens (tertiary/aromatic N) is 1. The van der Waals surface area contributed by atoms with Gasteiger partial charge in [0.1, 0.15) is 0 Å². The summed E-state index contributed by atoms with van der Waals surface area (Å²) in [7, 11) is -3.67. The van der Waals surface area contributed by atoms with Crippen molar-refractivity contribution in [3.63, 3.8) is 0 Å². The minimum atomic E-state index is -3.67. The van der Waals surface area contributed by atoms with E-state index in [0.717, 1.165) is 5.56 Å². The summed E-state index contributed by atoms with van der Waals surface area (Å²) in [5, 5.41) is 0. The highest BCUT2D eigenvalue weighted by molar-refractivity contribution is 7.89. The van der Waals surface area contributed by atoms with Crippen molar-refractivity contribution in [1.29, 1.82) is 0 Å². The molecule has 0 bridgehead atoms. The fourth-order valence-corrected chi connectivity index (χ4v) is 3.41. The molecular formula is C18H22N2O3S. The molecule has 24 heavy (non-hydrogen) atoms. The molecule has 0 atom stereocenters. The molecule has 0 fully saturated rings. The number of carbonyl (C=O) groups excluding carboxylic acids is 1. The van der Waals surface area contributed by atoms with Gasteiger partial charge in [-0.1, -0.05) is 36.4 Å². The van der Waals surface area contributed by atoms with Crippen molar-refractivity contribution in [3.05, 3.63) is 65.7 Å². The number of carbonyl (C=O) groups is 1. The van der Waals surface area contributed by atoms with Crippen LogP contribution in [0.15, 0.2) is 59.5 Å². The molecule has 0 radical (unpaired) electrons. The Balaban J connectivity index is 2.19. The van der Waals surface area contributed by atoms with Gasteiger partial charge >= 0.3 is 0 Å². The maximum atomic E-state index is 12.5. The Morgan fingerprint density at radius 3 is 2.29 bits per heavy atom. The third-order valence-electron chi connectivity index (χ3n) is 3.75. The second-order valence-electron chi connectivity index (χ2n) is 5.32. The zero-order chi connectivity index (χ0) is 17.6. The third kappa shape index (κ3) is 4.43. The van der Waals surface area contributed by atoms with Crippen molar-refractivity contribution in [3.8, 4) is 0 Å². The van der Waals surface area contributed by atoms with E-state index in [2.05, 4.69) is 4.72 Å². The van der Waals surface area contributed by atoms with Gasteiger partial charge in [0.15, 0.2) is 0 Å². The summed E-state index contributed by atoms with van der Waals surface area (Å²) in [5.74, 6) is -0.167. The summed E-state index contributed by atoms with van der Waals surface area (Å²) >= 11 is 0. The molecule has 5 nitrogen and oxygen atoms in total. The van der Waals surface area contributed by atoms with E-state index in [0.29, 0.717) is 18.7 Å². The highest BCUT2D eigenvalue weighted by atomic mass is 32.2. The zero-order valence-corrected chi connectivity index (χ0v) is 14.7. The minimum Gasteiger partial charge on any atom is -0.339 e. The van der Waals surface area contributed by atoms with Gasteiger partial charge in [0.2, 0.25) is 10.0 Å². The lowest BCUT2D eigenvalue weighted by Crippen LogP contribution is -2.30. The van der Waals surface area contributed by atoms with Crippen LogP contribution >= 0.6 is 0 Å². The van der Waals surface area contributed by atoms with Crippen LogP contribution in [0.1, 0.15) is 29.8 Å². The number of nitrogens with one attached hydrogen (secondary N) is 1. The predicted octanol–water partition coefficient (Wildman–Crippen LogP) is 2.65. The SMILES string of the molecule is CCN(CC)C(=O)c1cccc(S(=O)(=O)NCc2ccccc2)c1. The van der Waals surface area contributed by atoms with Gasteiger partial charge in [0.25, 0.3) is 5.91 Å². The fourth-order valence-electron chi connectivity index (χ4n) is 2.35. The Bertz CT molecular complexity index is 785. The average molecular weight is 346 g/mol. The summed E-state index contributed by atoms with van der Waals surface area (Å²) in [5.41, 5.74) is 1.25. The van der Waals surface area contributed by atoms with E-state index in [9.17, 15) is 13.2 Å². The number of amides is 1. The predicted molar refractivity (Wildman–Crippen MR) is 94.2 cm³/mol. The molecule has 0 unspecified atom stereocenters. The number of rotatable bonds is 7. The van der Waals surface area contributed by atoms with Crippen LogP contribution in [0.25, 0.3) is 0 Å². The molecule has 0 aliphatic rings. The zero-order valence-electron chi connectivity index (χ0n) is 13.9. The van der Waals surface area contributed by atoms with Crippen molar-refractivity contribution in [2.24, 2.45) is 0 Å². The van der Waals surface area contributed by atoms with Crippen LogP contribution in [-0.2, 0) is 16.6 Å². The van der Waals surface area contributed by atoms with Crippen LogP contribution in [-0.4, -0.2) is 32.3 Å². The quantitative estimate of drug-likeness (QED) is 0.838. The number of sulfonamides is 1. The molecule has 128 valence electrons. The van der Waals surface area contributed by atoms with Crippen LogP contribution in [0.4, 0.5) is 0 Å². The first-order chi connectivity index (χ1) is 11.5. The summed E-state index contributed by atoms with van der Waals surface area (Å²) in [6, 6.07) is 15.4. The van der Waals surface area contributed by atoms with Crippen molar-refractivity contribution < 1.29 is 13.2 Å². The third-order valence-corrected chi connectivity index (χ3v) is 5.15. The summed E-state index contributed by atoms with van der Waals surface area (Å²) in [6.45, 7) is 5.15. The molecule has 2 aromatic rings. The maximum absolute atomic E-state index is 12.5. The first-order valence-corrected chi connectivity index (χ1v) is 9.39. The van der Waals surface area contributed by atoms with E-state index in [1.165, 1.54) is 12.1 Å². The molecule has 0 aromatic heterocycles. The van der Waals surface area contributed by atoms with Crippen LogP contribution < -0.4 is 4.72 Å². The Hall–Kier alpha value is -2.18. The second kappa shape index (κ2) is 8.08. The van der Waals surface area contributed by atoms with Crippen molar-refractivity contribution in [2.45, 2.75) is 25.3 Å². The molecule has 0 heterocycles. The average Bonchev–Trinajstić information content (AvgIpc) is 2.62.